The van der Waals surface area contributed by atoms with Gasteiger partial charge in [0.15, 0.2) is 0 Å². The number of amides is 1. The zero-order valence-electron chi connectivity index (χ0n) is 11.8. The van der Waals surface area contributed by atoms with Gasteiger partial charge in [-0.2, -0.15) is 0 Å². The maximum Gasteiger partial charge on any atom is 0.227 e. The van der Waals surface area contributed by atoms with E-state index in [1.807, 2.05) is 0 Å². The number of hydrogen-bond donors (Lipinski definition) is 2. The molecule has 2 N–H and O–H groups in total. The topological polar surface area (TPSA) is 58.6 Å². The van der Waals surface area contributed by atoms with Crippen molar-refractivity contribution in [1.82, 2.24) is 0 Å². The van der Waals surface area contributed by atoms with Crippen molar-refractivity contribution in [3.05, 3.63) is 29.6 Å². The van der Waals surface area contributed by atoms with Gasteiger partial charge in [-0.15, -0.1) is 0 Å². The van der Waals surface area contributed by atoms with E-state index in [4.69, 9.17) is 9.84 Å². The summed E-state index contributed by atoms with van der Waals surface area (Å²) in [5.74, 6) is 4.04. The zero-order chi connectivity index (χ0) is 15.2. The van der Waals surface area contributed by atoms with Crippen LogP contribution in [-0.2, 0) is 9.53 Å². The van der Waals surface area contributed by atoms with E-state index in [-0.39, 0.29) is 24.5 Å². The van der Waals surface area contributed by atoms with Crippen molar-refractivity contribution in [2.24, 2.45) is 0 Å². The molecule has 1 aromatic rings. The summed E-state index contributed by atoms with van der Waals surface area (Å²) in [6, 6.07) is 4.20. The Morgan fingerprint density at radius 1 is 1.50 bits per heavy atom. The zero-order valence-corrected chi connectivity index (χ0v) is 11.8. The molecule has 0 aliphatic rings. The second-order valence-electron chi connectivity index (χ2n) is 4.84. The maximum atomic E-state index is 13.7. The van der Waals surface area contributed by atoms with Gasteiger partial charge in [0.1, 0.15) is 12.4 Å². The second kappa shape index (κ2) is 7.04. The average molecular weight is 279 g/mol. The summed E-state index contributed by atoms with van der Waals surface area (Å²) >= 11 is 0. The number of aliphatic hydroxyl groups excluding tert-OH is 1. The number of carbonyl (C=O) groups excluding carboxylic acids is 1. The number of benzene rings is 1. The van der Waals surface area contributed by atoms with E-state index in [1.165, 1.54) is 19.2 Å². The van der Waals surface area contributed by atoms with Gasteiger partial charge in [-0.25, -0.2) is 4.39 Å². The number of nitrogens with one attached hydrogen (secondary N) is 1. The summed E-state index contributed by atoms with van der Waals surface area (Å²) < 4.78 is 18.8. The highest BCUT2D eigenvalue weighted by atomic mass is 19.1. The highest BCUT2D eigenvalue weighted by molar-refractivity contribution is 5.91. The lowest BCUT2D eigenvalue weighted by molar-refractivity contribution is -0.121. The second-order valence-corrected chi connectivity index (χ2v) is 4.84. The number of anilines is 1. The third kappa shape index (κ3) is 5.00. The number of methoxy groups -OCH3 is 1. The molecule has 0 aliphatic heterocycles. The Labute approximate surface area is 117 Å². The monoisotopic (exact) mass is 279 g/mol. The lowest BCUT2D eigenvalue weighted by Gasteiger charge is -2.21. The van der Waals surface area contributed by atoms with Gasteiger partial charge < -0.3 is 15.2 Å². The van der Waals surface area contributed by atoms with Crippen molar-refractivity contribution in [2.45, 2.75) is 25.9 Å². The molecule has 4 nitrogen and oxygen atoms in total. The molecule has 0 spiro atoms. The smallest absolute Gasteiger partial charge is 0.227 e. The number of hydrogen-bond acceptors (Lipinski definition) is 3. The van der Waals surface area contributed by atoms with Crippen LogP contribution in [0.25, 0.3) is 0 Å². The Morgan fingerprint density at radius 2 is 2.20 bits per heavy atom. The number of aliphatic hydroxyl groups is 1. The van der Waals surface area contributed by atoms with Crippen molar-refractivity contribution in [1.29, 1.82) is 0 Å². The first-order chi connectivity index (χ1) is 9.38. The summed E-state index contributed by atoms with van der Waals surface area (Å²) in [5, 5.41) is 11.2. The highest BCUT2D eigenvalue weighted by Gasteiger charge is 2.21. The Balaban J connectivity index is 2.75. The molecule has 20 heavy (non-hydrogen) atoms. The first-order valence-electron chi connectivity index (χ1n) is 6.12. The van der Waals surface area contributed by atoms with Crippen LogP contribution in [0.3, 0.4) is 0 Å². The van der Waals surface area contributed by atoms with Crippen LogP contribution in [0.2, 0.25) is 0 Å². The standard InChI is InChI=1S/C15H18FNO3/c1-15(2,20-3)10-14(19)17-12-7-6-11(5-4-8-18)13(16)9-12/h6-7,9,18H,8,10H2,1-3H3,(H,17,19). The molecule has 1 rings (SSSR count). The summed E-state index contributed by atoms with van der Waals surface area (Å²) in [7, 11) is 1.53. The highest BCUT2D eigenvalue weighted by Crippen LogP contribution is 2.17. The van der Waals surface area contributed by atoms with Crippen LogP contribution in [0.1, 0.15) is 25.8 Å². The van der Waals surface area contributed by atoms with Crippen LogP contribution in [0.5, 0.6) is 0 Å². The molecular weight excluding hydrogens is 261 g/mol. The predicted molar refractivity (Wildman–Crippen MR) is 74.7 cm³/mol. The lowest BCUT2D eigenvalue weighted by atomic mass is 10.0. The van der Waals surface area contributed by atoms with Gasteiger partial charge in [-0.05, 0) is 32.0 Å². The first-order valence-corrected chi connectivity index (χ1v) is 6.12. The van der Waals surface area contributed by atoms with Gasteiger partial charge in [0.2, 0.25) is 5.91 Å². The first kappa shape index (κ1) is 16.2. The van der Waals surface area contributed by atoms with Gasteiger partial charge >= 0.3 is 0 Å². The van der Waals surface area contributed by atoms with Gasteiger partial charge in [0, 0.05) is 12.8 Å². The van der Waals surface area contributed by atoms with Crippen LogP contribution in [-0.4, -0.2) is 30.3 Å². The molecule has 5 heteroatoms. The molecule has 0 atom stereocenters. The van der Waals surface area contributed by atoms with E-state index < -0.39 is 11.4 Å². The lowest BCUT2D eigenvalue weighted by Crippen LogP contribution is -2.29. The fraction of sp³-hybridized carbons (Fsp3) is 0.400. The minimum Gasteiger partial charge on any atom is -0.384 e. The number of halogens is 1. The molecule has 0 bridgehead atoms. The summed E-state index contributed by atoms with van der Waals surface area (Å²) in [5.41, 5.74) is -0.0435. The summed E-state index contributed by atoms with van der Waals surface area (Å²) in [6.07, 6.45) is 0.164. The number of carbonyl (C=O) groups is 1. The van der Waals surface area contributed by atoms with Crippen molar-refractivity contribution >= 4 is 11.6 Å². The molecule has 108 valence electrons. The van der Waals surface area contributed by atoms with Crippen LogP contribution < -0.4 is 5.32 Å². The maximum absolute atomic E-state index is 13.7. The largest absolute Gasteiger partial charge is 0.384 e. The molecule has 0 aliphatic carbocycles. The Hall–Kier alpha value is -1.90. The minimum absolute atomic E-state index is 0.164. The van der Waals surface area contributed by atoms with Crippen molar-refractivity contribution in [2.75, 3.05) is 19.0 Å². The van der Waals surface area contributed by atoms with E-state index in [2.05, 4.69) is 17.2 Å². The van der Waals surface area contributed by atoms with Gasteiger partial charge in [-0.1, -0.05) is 11.8 Å². The molecule has 0 heterocycles. The normalized spacial score (nSPS) is 10.7. The fourth-order valence-electron chi connectivity index (χ4n) is 1.49. The fourth-order valence-corrected chi connectivity index (χ4v) is 1.49. The SMILES string of the molecule is COC(C)(C)CC(=O)Nc1ccc(C#CCO)c(F)c1. The van der Waals surface area contributed by atoms with E-state index in [0.29, 0.717) is 5.69 Å². The molecule has 0 saturated carbocycles. The molecule has 0 fully saturated rings. The Bertz CT molecular complexity index is 544. The molecule has 0 unspecified atom stereocenters. The van der Waals surface area contributed by atoms with Gasteiger partial charge in [-0.3, -0.25) is 4.79 Å². The summed E-state index contributed by atoms with van der Waals surface area (Å²) in [6.45, 7) is 3.26. The van der Waals surface area contributed by atoms with E-state index >= 15 is 0 Å². The van der Waals surface area contributed by atoms with E-state index in [0.717, 1.165) is 0 Å². The third-order valence-corrected chi connectivity index (χ3v) is 2.69. The van der Waals surface area contributed by atoms with Crippen molar-refractivity contribution < 1.29 is 19.0 Å². The van der Waals surface area contributed by atoms with Crippen LogP contribution >= 0.6 is 0 Å². The third-order valence-electron chi connectivity index (χ3n) is 2.69. The Morgan fingerprint density at radius 3 is 2.75 bits per heavy atom. The van der Waals surface area contributed by atoms with Gasteiger partial charge in [0.05, 0.1) is 17.6 Å². The van der Waals surface area contributed by atoms with Crippen LogP contribution in [0.4, 0.5) is 10.1 Å². The van der Waals surface area contributed by atoms with E-state index in [9.17, 15) is 9.18 Å². The van der Waals surface area contributed by atoms with E-state index in [1.54, 1.807) is 19.9 Å². The van der Waals surface area contributed by atoms with Gasteiger partial charge in [0.25, 0.3) is 0 Å². The van der Waals surface area contributed by atoms with Crippen molar-refractivity contribution in [3.63, 3.8) is 0 Å². The molecule has 1 aromatic carbocycles. The Kier molecular flexibility index (Phi) is 5.68. The molecule has 0 aromatic heterocycles. The molecular formula is C15H18FNO3. The molecule has 0 radical (unpaired) electrons. The molecule has 1 amide bonds. The predicted octanol–water partition coefficient (Wildman–Crippen LogP) is 1.92. The average Bonchev–Trinajstić information content (AvgIpc) is 2.37. The van der Waals surface area contributed by atoms with Crippen LogP contribution in [0, 0.1) is 17.7 Å². The number of rotatable bonds is 4. The number of ether oxygens (including phenoxy) is 1. The van der Waals surface area contributed by atoms with Crippen molar-refractivity contribution in [3.8, 4) is 11.8 Å². The minimum atomic E-state index is -0.574. The molecule has 0 saturated heterocycles. The quantitative estimate of drug-likeness (QED) is 0.828. The van der Waals surface area contributed by atoms with Crippen LogP contribution in [0.15, 0.2) is 18.2 Å². The summed E-state index contributed by atoms with van der Waals surface area (Å²) in [4.78, 5) is 11.8.